The van der Waals surface area contributed by atoms with Crippen molar-refractivity contribution in [2.45, 2.75) is 58.9 Å². The molecule has 1 amide bonds. The van der Waals surface area contributed by atoms with E-state index in [0.29, 0.717) is 24.3 Å². The summed E-state index contributed by atoms with van der Waals surface area (Å²) in [6.45, 7) is 8.62. The number of aryl methyl sites for hydroxylation is 3. The zero-order valence-electron chi connectivity index (χ0n) is 21.3. The van der Waals surface area contributed by atoms with Crippen molar-refractivity contribution in [2.24, 2.45) is 5.92 Å². The molecule has 0 saturated carbocycles. The minimum Gasteiger partial charge on any atom is -0.340 e. The lowest BCUT2D eigenvalue weighted by Crippen LogP contribution is -2.39. The first kappa shape index (κ1) is 24.2. The molecule has 3 aromatic rings. The number of anilines is 5. The van der Waals surface area contributed by atoms with E-state index in [1.165, 1.54) is 0 Å². The molecule has 8 nitrogen and oxygen atoms in total. The Morgan fingerprint density at radius 3 is 2.72 bits per heavy atom. The molecule has 8 heteroatoms. The first-order valence-corrected chi connectivity index (χ1v) is 12.9. The van der Waals surface area contributed by atoms with E-state index in [1.807, 2.05) is 25.3 Å². The van der Waals surface area contributed by atoms with E-state index in [2.05, 4.69) is 61.8 Å². The highest BCUT2D eigenvalue weighted by molar-refractivity contribution is 5.92. The second-order valence-corrected chi connectivity index (χ2v) is 10.3. The highest BCUT2D eigenvalue weighted by Gasteiger charge is 2.23. The van der Waals surface area contributed by atoms with Crippen LogP contribution in [0.3, 0.4) is 0 Å². The summed E-state index contributed by atoms with van der Waals surface area (Å²) in [6, 6.07) is 8.76. The fourth-order valence-corrected chi connectivity index (χ4v) is 5.00. The number of fused-ring (bicyclic) bond motifs is 6. The number of carbonyl (C=O) groups is 1. The molecule has 0 spiro atoms. The number of pyridine rings is 1. The van der Waals surface area contributed by atoms with E-state index in [9.17, 15) is 4.79 Å². The van der Waals surface area contributed by atoms with Crippen LogP contribution in [0.2, 0.25) is 0 Å². The van der Waals surface area contributed by atoms with Gasteiger partial charge in [-0.3, -0.25) is 9.78 Å². The minimum absolute atomic E-state index is 0.0991. The number of amides is 1. The van der Waals surface area contributed by atoms with E-state index in [-0.39, 0.29) is 5.91 Å². The van der Waals surface area contributed by atoms with Gasteiger partial charge < -0.3 is 20.9 Å². The summed E-state index contributed by atoms with van der Waals surface area (Å²) in [5, 5.41) is 9.91. The average Bonchev–Trinajstić information content (AvgIpc) is 2.86. The monoisotopic (exact) mass is 485 g/mol. The molecule has 0 unspecified atom stereocenters. The van der Waals surface area contributed by atoms with Crippen LogP contribution in [0.4, 0.5) is 28.8 Å². The van der Waals surface area contributed by atoms with Crippen molar-refractivity contribution in [1.82, 2.24) is 19.9 Å². The summed E-state index contributed by atoms with van der Waals surface area (Å²) < 4.78 is 0. The summed E-state index contributed by atoms with van der Waals surface area (Å²) >= 11 is 0. The Kier molecular flexibility index (Phi) is 7.13. The molecule has 4 heterocycles. The van der Waals surface area contributed by atoms with Crippen LogP contribution < -0.4 is 16.0 Å². The summed E-state index contributed by atoms with van der Waals surface area (Å²) in [4.78, 5) is 29.0. The number of aromatic nitrogens is 3. The van der Waals surface area contributed by atoms with Gasteiger partial charge in [0.15, 0.2) is 0 Å². The number of piperidine rings is 1. The van der Waals surface area contributed by atoms with Gasteiger partial charge in [0, 0.05) is 41.8 Å². The second-order valence-electron chi connectivity index (χ2n) is 10.3. The maximum absolute atomic E-state index is 13.0. The number of nitrogens with one attached hydrogen (secondary N) is 3. The molecule has 2 aliphatic rings. The summed E-state index contributed by atoms with van der Waals surface area (Å²) in [7, 11) is 0. The molecule has 6 bridgehead atoms. The van der Waals surface area contributed by atoms with Crippen molar-refractivity contribution in [3.63, 3.8) is 0 Å². The van der Waals surface area contributed by atoms with Gasteiger partial charge in [0.05, 0.1) is 11.9 Å². The van der Waals surface area contributed by atoms with E-state index in [4.69, 9.17) is 0 Å². The van der Waals surface area contributed by atoms with Crippen LogP contribution in [0.1, 0.15) is 49.8 Å². The summed E-state index contributed by atoms with van der Waals surface area (Å²) in [5.41, 5.74) is 5.81. The Morgan fingerprint density at radius 2 is 1.92 bits per heavy atom. The molecule has 188 valence electrons. The molecular weight excluding hydrogens is 450 g/mol. The lowest BCUT2D eigenvalue weighted by Gasteiger charge is -2.34. The molecule has 1 aromatic carbocycles. The van der Waals surface area contributed by atoms with Crippen LogP contribution in [0, 0.1) is 12.8 Å². The highest BCUT2D eigenvalue weighted by atomic mass is 16.1. The quantitative estimate of drug-likeness (QED) is 0.467. The Hall–Kier alpha value is -3.52. The van der Waals surface area contributed by atoms with E-state index in [0.717, 1.165) is 78.3 Å². The fourth-order valence-electron chi connectivity index (χ4n) is 5.00. The largest absolute Gasteiger partial charge is 0.340 e. The molecule has 2 aromatic heterocycles. The first-order chi connectivity index (χ1) is 17.4. The number of nitrogens with zero attached hydrogens (tertiary/aromatic N) is 4. The molecule has 36 heavy (non-hydrogen) atoms. The van der Waals surface area contributed by atoms with Crippen LogP contribution in [-0.2, 0) is 17.6 Å². The second kappa shape index (κ2) is 10.6. The lowest BCUT2D eigenvalue weighted by atomic mass is 9.92. The van der Waals surface area contributed by atoms with Gasteiger partial charge in [-0.15, -0.1) is 0 Å². The molecule has 5 rings (SSSR count). The molecule has 0 radical (unpaired) electrons. The number of rotatable bonds is 4. The zero-order valence-corrected chi connectivity index (χ0v) is 21.3. The van der Waals surface area contributed by atoms with Gasteiger partial charge in [0.2, 0.25) is 11.9 Å². The first-order valence-electron chi connectivity index (χ1n) is 12.9. The van der Waals surface area contributed by atoms with Crippen molar-refractivity contribution in [3.05, 3.63) is 59.5 Å². The predicted octanol–water partition coefficient (Wildman–Crippen LogP) is 5.21. The van der Waals surface area contributed by atoms with Gasteiger partial charge in [0.25, 0.3) is 0 Å². The van der Waals surface area contributed by atoms with Gasteiger partial charge >= 0.3 is 0 Å². The molecular formula is C28H35N7O. The van der Waals surface area contributed by atoms with Crippen LogP contribution in [0.15, 0.2) is 42.9 Å². The summed E-state index contributed by atoms with van der Waals surface area (Å²) in [6.07, 6.45) is 9.79. The Balaban J connectivity index is 1.36. The molecule has 1 saturated heterocycles. The van der Waals surface area contributed by atoms with Crippen molar-refractivity contribution in [2.75, 3.05) is 29.0 Å². The smallest absolute Gasteiger partial charge is 0.229 e. The normalized spacial score (nSPS) is 16.2. The van der Waals surface area contributed by atoms with Gasteiger partial charge in [-0.1, -0.05) is 0 Å². The van der Waals surface area contributed by atoms with Gasteiger partial charge in [0.1, 0.15) is 5.82 Å². The zero-order chi connectivity index (χ0) is 25.1. The van der Waals surface area contributed by atoms with Crippen molar-refractivity contribution < 1.29 is 4.79 Å². The molecule has 3 N–H and O–H groups in total. The maximum atomic E-state index is 13.0. The number of likely N-dealkylation sites (tertiary alicyclic amines) is 1. The van der Waals surface area contributed by atoms with E-state index >= 15 is 0 Å². The minimum atomic E-state index is 0.0991. The fraction of sp³-hybridized carbons (Fsp3) is 0.429. The molecule has 2 aliphatic heterocycles. The molecule has 1 fully saturated rings. The summed E-state index contributed by atoms with van der Waals surface area (Å²) in [5.74, 6) is 1.81. The average molecular weight is 486 g/mol. The van der Waals surface area contributed by atoms with Crippen molar-refractivity contribution in [3.8, 4) is 0 Å². The third-order valence-electron chi connectivity index (χ3n) is 7.20. The van der Waals surface area contributed by atoms with Crippen molar-refractivity contribution in [1.29, 1.82) is 0 Å². The van der Waals surface area contributed by atoms with Gasteiger partial charge in [-0.25, -0.2) is 4.98 Å². The predicted molar refractivity (Wildman–Crippen MR) is 144 cm³/mol. The lowest BCUT2D eigenvalue weighted by molar-refractivity contribution is -0.117. The standard InChI is InChI=1S/C28H35N7O/c1-18(2)35-10-8-20(9-11-35)13-26(36)33-25-7-6-23-14-22(25)5-4-21-12-24(17-29-16-21)32-28-30-15-19(3)27(31-23)34-28/h6-7,12,14-18,20H,4-5,8-11,13H2,1-3H3,(H,33,36)(H2,30,31,32,34). The molecule has 0 atom stereocenters. The van der Waals surface area contributed by atoms with E-state index < -0.39 is 0 Å². The van der Waals surface area contributed by atoms with Crippen LogP contribution >= 0.6 is 0 Å². The Labute approximate surface area is 213 Å². The highest BCUT2D eigenvalue weighted by Crippen LogP contribution is 2.28. The van der Waals surface area contributed by atoms with Crippen LogP contribution in [-0.4, -0.2) is 44.9 Å². The van der Waals surface area contributed by atoms with Crippen molar-refractivity contribution >= 4 is 34.7 Å². The van der Waals surface area contributed by atoms with E-state index in [1.54, 1.807) is 12.4 Å². The maximum Gasteiger partial charge on any atom is 0.229 e. The number of benzene rings is 1. The van der Waals surface area contributed by atoms with Crippen LogP contribution in [0.5, 0.6) is 0 Å². The molecule has 0 aliphatic carbocycles. The topological polar surface area (TPSA) is 95.1 Å². The SMILES string of the molecule is Cc1cnc2nc1Nc1ccc(NC(=O)CC3CCN(C(C)C)CC3)c(c1)CCc1cncc(c1)N2. The Morgan fingerprint density at radius 1 is 1.08 bits per heavy atom. The number of carbonyl (C=O) groups excluding carboxylic acids is 1. The van der Waals surface area contributed by atoms with Crippen LogP contribution in [0.25, 0.3) is 0 Å². The van der Waals surface area contributed by atoms with Gasteiger partial charge in [-0.05, 0) is 101 Å². The third kappa shape index (κ3) is 5.82. The third-order valence-corrected chi connectivity index (χ3v) is 7.20. The van der Waals surface area contributed by atoms with Gasteiger partial charge in [-0.2, -0.15) is 4.98 Å². The Bertz CT molecular complexity index is 1230. The number of hydrogen-bond donors (Lipinski definition) is 3. The number of hydrogen-bond acceptors (Lipinski definition) is 7.